The Bertz CT molecular complexity index is 854. The molecule has 1 aromatic rings. The number of carbonyl (C=O) groups excluding carboxylic acids is 1. The topological polar surface area (TPSA) is 84.9 Å². The molecule has 1 heterocycles. The molecule has 1 unspecified atom stereocenters. The molecule has 0 N–H and O–H groups in total. The molecule has 0 aromatic heterocycles. The number of hydroxylamine groups is 2. The molecular formula is C28H43NO8. The minimum absolute atomic E-state index is 0.00518. The van der Waals surface area contributed by atoms with Gasteiger partial charge in [-0.3, -0.25) is 9.63 Å². The Balaban J connectivity index is 1.99. The predicted octanol–water partition coefficient (Wildman–Crippen LogP) is 4.41. The van der Waals surface area contributed by atoms with E-state index in [2.05, 4.69) is 0 Å². The summed E-state index contributed by atoms with van der Waals surface area (Å²) in [4.78, 5) is 16.9. The number of rotatable bonds is 16. The van der Waals surface area contributed by atoms with Crippen LogP contribution in [0.5, 0.6) is 5.75 Å². The molecule has 9 heteroatoms. The molecule has 0 radical (unpaired) electrons. The minimum atomic E-state index is -0.785. The summed E-state index contributed by atoms with van der Waals surface area (Å²) in [7, 11) is 4.64. The van der Waals surface area contributed by atoms with Gasteiger partial charge in [0.15, 0.2) is 5.79 Å². The summed E-state index contributed by atoms with van der Waals surface area (Å²) >= 11 is 0. The molecule has 4 atom stereocenters. The van der Waals surface area contributed by atoms with Gasteiger partial charge in [0.05, 0.1) is 33.0 Å². The third-order valence-electron chi connectivity index (χ3n) is 5.79. The van der Waals surface area contributed by atoms with E-state index in [9.17, 15) is 4.79 Å². The second-order valence-electron chi connectivity index (χ2n) is 9.17. The fourth-order valence-corrected chi connectivity index (χ4v) is 3.72. The molecule has 1 aliphatic rings. The van der Waals surface area contributed by atoms with Gasteiger partial charge in [0, 0.05) is 19.7 Å². The number of likely N-dealkylation sites (N-methyl/N-ethyl adjacent to an activating group) is 1. The Kier molecular flexibility index (Phi) is 13.3. The van der Waals surface area contributed by atoms with Gasteiger partial charge in [-0.05, 0) is 58.2 Å². The number of hydrogen-bond acceptors (Lipinski definition) is 8. The summed E-state index contributed by atoms with van der Waals surface area (Å²) in [5.41, 5.74) is 1.08. The van der Waals surface area contributed by atoms with Crippen molar-refractivity contribution in [3.8, 4) is 5.75 Å². The number of amides is 1. The first-order valence-corrected chi connectivity index (χ1v) is 12.6. The summed E-state index contributed by atoms with van der Waals surface area (Å²) < 4.78 is 35.0. The first kappa shape index (κ1) is 31.0. The van der Waals surface area contributed by atoms with Crippen LogP contribution in [0.2, 0.25) is 0 Å². The molecular weight excluding hydrogens is 478 g/mol. The Morgan fingerprint density at radius 1 is 1.14 bits per heavy atom. The second kappa shape index (κ2) is 15.9. The molecule has 1 aliphatic heterocycles. The van der Waals surface area contributed by atoms with Crippen LogP contribution in [0, 0.1) is 0 Å². The number of benzene rings is 1. The van der Waals surface area contributed by atoms with Crippen LogP contribution in [0.1, 0.15) is 46.1 Å². The van der Waals surface area contributed by atoms with Crippen molar-refractivity contribution >= 4 is 5.91 Å². The molecule has 1 aromatic carbocycles. The molecule has 9 nitrogen and oxygen atoms in total. The van der Waals surface area contributed by atoms with Gasteiger partial charge in [-0.25, -0.2) is 5.06 Å². The van der Waals surface area contributed by atoms with E-state index in [0.717, 1.165) is 16.4 Å². The van der Waals surface area contributed by atoms with Crippen LogP contribution in [-0.2, 0) is 39.9 Å². The van der Waals surface area contributed by atoms with Crippen LogP contribution in [0.4, 0.5) is 0 Å². The molecule has 1 saturated heterocycles. The third-order valence-corrected chi connectivity index (χ3v) is 5.79. The second-order valence-corrected chi connectivity index (χ2v) is 9.17. The van der Waals surface area contributed by atoms with E-state index in [-0.39, 0.29) is 31.0 Å². The zero-order valence-corrected chi connectivity index (χ0v) is 23.2. The van der Waals surface area contributed by atoms with Gasteiger partial charge in [-0.15, -0.1) is 0 Å². The SMILES string of the molecule is CCOCOC(/C=C\C[C@H](C)OCc1ccc(OC)cc1)[C@H]1OC(C)(C)O[C@H]1C/C=C/C(=O)N(C)OC. The van der Waals surface area contributed by atoms with Crippen LogP contribution < -0.4 is 4.74 Å². The van der Waals surface area contributed by atoms with E-state index in [1.54, 1.807) is 20.2 Å². The first-order valence-electron chi connectivity index (χ1n) is 12.6. The molecule has 0 saturated carbocycles. The van der Waals surface area contributed by atoms with Gasteiger partial charge in [0.25, 0.3) is 5.91 Å². The summed E-state index contributed by atoms with van der Waals surface area (Å²) in [6, 6.07) is 7.83. The fourth-order valence-electron chi connectivity index (χ4n) is 3.72. The lowest BCUT2D eigenvalue weighted by molar-refractivity contribution is -0.165. The largest absolute Gasteiger partial charge is 0.497 e. The van der Waals surface area contributed by atoms with Crippen molar-refractivity contribution < 1.29 is 38.1 Å². The number of carbonyl (C=O) groups is 1. The summed E-state index contributed by atoms with van der Waals surface area (Å²) in [6.45, 7) is 8.87. The normalized spacial score (nSPS) is 20.9. The molecule has 37 heavy (non-hydrogen) atoms. The van der Waals surface area contributed by atoms with E-state index in [0.29, 0.717) is 26.1 Å². The predicted molar refractivity (Wildman–Crippen MR) is 140 cm³/mol. The molecule has 0 bridgehead atoms. The molecule has 0 aliphatic carbocycles. The van der Waals surface area contributed by atoms with E-state index in [1.165, 1.54) is 13.2 Å². The highest BCUT2D eigenvalue weighted by atomic mass is 16.8. The van der Waals surface area contributed by atoms with Crippen LogP contribution in [0.25, 0.3) is 0 Å². The molecule has 2 rings (SSSR count). The van der Waals surface area contributed by atoms with Crippen LogP contribution >= 0.6 is 0 Å². The highest BCUT2D eigenvalue weighted by Gasteiger charge is 2.44. The smallest absolute Gasteiger partial charge is 0.269 e. The Morgan fingerprint density at radius 3 is 2.51 bits per heavy atom. The van der Waals surface area contributed by atoms with Gasteiger partial charge in [0.1, 0.15) is 24.8 Å². The maximum atomic E-state index is 12.0. The zero-order chi connectivity index (χ0) is 27.3. The maximum absolute atomic E-state index is 12.0. The van der Waals surface area contributed by atoms with Gasteiger partial charge < -0.3 is 28.4 Å². The number of hydrogen-bond donors (Lipinski definition) is 0. The summed E-state index contributed by atoms with van der Waals surface area (Å²) in [5.74, 6) is -0.224. The highest BCUT2D eigenvalue weighted by Crippen LogP contribution is 2.33. The van der Waals surface area contributed by atoms with Gasteiger partial charge in [-0.2, -0.15) is 0 Å². The molecule has 208 valence electrons. The summed E-state index contributed by atoms with van der Waals surface area (Å²) in [5, 5.41) is 1.15. The lowest BCUT2D eigenvalue weighted by Gasteiger charge is -2.24. The van der Waals surface area contributed by atoms with Gasteiger partial charge in [-0.1, -0.05) is 30.4 Å². The first-order chi connectivity index (χ1) is 17.7. The van der Waals surface area contributed by atoms with E-state index in [4.69, 9.17) is 33.3 Å². The van der Waals surface area contributed by atoms with Gasteiger partial charge in [0.2, 0.25) is 0 Å². The van der Waals surface area contributed by atoms with Crippen molar-refractivity contribution in [2.24, 2.45) is 0 Å². The minimum Gasteiger partial charge on any atom is -0.497 e. The third kappa shape index (κ3) is 10.9. The standard InChI is InChI=1S/C28H43NO8/c1-8-33-20-35-24(12-9-11-21(2)34-19-22-15-17-23(31-6)18-16-22)27-25(36-28(3,4)37-27)13-10-14-26(30)29(5)32-7/h9-10,12,14-18,21,24-25,27H,8,11,13,19-20H2,1-7H3/b12-9-,14-10+/t21-,24?,25-,27+/m0/s1. The zero-order valence-electron chi connectivity index (χ0n) is 23.2. The molecule has 1 amide bonds. The van der Waals surface area contributed by atoms with Crippen LogP contribution in [0.3, 0.4) is 0 Å². The Hall–Kier alpha value is -2.27. The highest BCUT2D eigenvalue weighted by molar-refractivity contribution is 5.86. The number of ether oxygens (including phenoxy) is 6. The van der Waals surface area contributed by atoms with E-state index >= 15 is 0 Å². The van der Waals surface area contributed by atoms with Crippen molar-refractivity contribution in [2.75, 3.05) is 34.7 Å². The Labute approximate surface area is 221 Å². The Morgan fingerprint density at radius 2 is 1.86 bits per heavy atom. The number of methoxy groups -OCH3 is 1. The lowest BCUT2D eigenvalue weighted by atomic mass is 10.0. The van der Waals surface area contributed by atoms with Gasteiger partial charge >= 0.3 is 0 Å². The van der Waals surface area contributed by atoms with Crippen LogP contribution in [0.15, 0.2) is 48.6 Å². The maximum Gasteiger partial charge on any atom is 0.269 e. The average Bonchev–Trinajstić information content (AvgIpc) is 3.20. The van der Waals surface area contributed by atoms with Crippen molar-refractivity contribution in [1.29, 1.82) is 0 Å². The van der Waals surface area contributed by atoms with Crippen molar-refractivity contribution in [3.05, 3.63) is 54.1 Å². The lowest BCUT2D eigenvalue weighted by Crippen LogP contribution is -2.36. The summed E-state index contributed by atoms with van der Waals surface area (Å²) in [6.07, 6.45) is 7.31. The van der Waals surface area contributed by atoms with E-state index in [1.807, 2.05) is 64.1 Å². The van der Waals surface area contributed by atoms with Crippen molar-refractivity contribution in [3.63, 3.8) is 0 Å². The fraction of sp³-hybridized carbons (Fsp3) is 0.607. The number of nitrogens with zero attached hydrogens (tertiary/aromatic N) is 1. The quantitative estimate of drug-likeness (QED) is 0.104. The monoisotopic (exact) mass is 521 g/mol. The molecule has 1 fully saturated rings. The average molecular weight is 522 g/mol. The molecule has 0 spiro atoms. The van der Waals surface area contributed by atoms with Crippen LogP contribution in [-0.4, -0.2) is 75.8 Å². The van der Waals surface area contributed by atoms with Crippen molar-refractivity contribution in [2.45, 2.75) is 77.3 Å². The van der Waals surface area contributed by atoms with Crippen molar-refractivity contribution in [1.82, 2.24) is 5.06 Å². The van der Waals surface area contributed by atoms with E-state index < -0.39 is 11.9 Å².